The third kappa shape index (κ3) is 6.22. The molecule has 0 spiro atoms. The van der Waals surface area contributed by atoms with Crippen LogP contribution in [-0.2, 0) is 6.54 Å². The molecular weight excluding hydrogens is 547 g/mol. The zero-order valence-corrected chi connectivity index (χ0v) is 22.2. The molecule has 1 saturated heterocycles. The van der Waals surface area contributed by atoms with E-state index in [0.717, 1.165) is 59.0 Å². The number of anilines is 2. The van der Waals surface area contributed by atoms with Gasteiger partial charge in [0.1, 0.15) is 17.1 Å². The number of fused-ring (bicyclic) bond motifs is 1. The summed E-state index contributed by atoms with van der Waals surface area (Å²) >= 11 is 8.57. The highest BCUT2D eigenvalue weighted by Crippen LogP contribution is 2.35. The number of benzene rings is 2. The molecule has 2 N–H and O–H groups in total. The number of piperidine rings is 1. The summed E-state index contributed by atoms with van der Waals surface area (Å²) in [7, 11) is 1.71. The molecule has 7 heteroatoms. The SMILES string of the molecule is CCCC(I)NC1CCN(c2cc(NCc3ccc(Cl)cc3)nc3c(OC)cccc23)CC1. The maximum Gasteiger partial charge on any atom is 0.145 e. The van der Waals surface area contributed by atoms with Crippen LogP contribution < -0.4 is 20.3 Å². The predicted molar refractivity (Wildman–Crippen MR) is 148 cm³/mol. The Kier molecular flexibility index (Phi) is 8.55. The maximum atomic E-state index is 6.03. The monoisotopic (exact) mass is 578 g/mol. The average Bonchev–Trinajstić information content (AvgIpc) is 2.83. The first-order chi connectivity index (χ1) is 16.1. The Balaban J connectivity index is 1.55. The van der Waals surface area contributed by atoms with E-state index in [1.165, 1.54) is 18.5 Å². The highest BCUT2D eigenvalue weighted by molar-refractivity contribution is 14.1. The predicted octanol–water partition coefficient (Wildman–Crippen LogP) is 6.63. The lowest BCUT2D eigenvalue weighted by Crippen LogP contribution is -2.44. The molecule has 4 rings (SSSR count). The quantitative estimate of drug-likeness (QED) is 0.170. The van der Waals surface area contributed by atoms with E-state index in [-0.39, 0.29) is 0 Å². The third-order valence-electron chi connectivity index (χ3n) is 6.18. The number of hydrogen-bond donors (Lipinski definition) is 2. The van der Waals surface area contributed by atoms with Gasteiger partial charge in [-0.2, -0.15) is 0 Å². The molecule has 1 fully saturated rings. The number of ether oxygens (including phenoxy) is 1. The van der Waals surface area contributed by atoms with E-state index in [2.05, 4.69) is 57.2 Å². The van der Waals surface area contributed by atoms with Gasteiger partial charge >= 0.3 is 0 Å². The summed E-state index contributed by atoms with van der Waals surface area (Å²) in [5.41, 5.74) is 3.28. The van der Waals surface area contributed by atoms with Crippen LogP contribution in [0.1, 0.15) is 38.2 Å². The van der Waals surface area contributed by atoms with Gasteiger partial charge in [-0.05, 0) is 43.0 Å². The van der Waals surface area contributed by atoms with Crippen molar-refractivity contribution in [3.63, 3.8) is 0 Å². The first-order valence-corrected chi connectivity index (χ1v) is 13.3. The van der Waals surface area contributed by atoms with Crippen molar-refractivity contribution < 1.29 is 4.74 Å². The second-order valence-electron chi connectivity index (χ2n) is 8.55. The first kappa shape index (κ1) is 24.4. The van der Waals surface area contributed by atoms with Crippen LogP contribution in [0.15, 0.2) is 48.5 Å². The van der Waals surface area contributed by atoms with Crippen molar-refractivity contribution in [2.75, 3.05) is 30.4 Å². The van der Waals surface area contributed by atoms with Crippen molar-refractivity contribution in [3.8, 4) is 5.75 Å². The Morgan fingerprint density at radius 2 is 1.94 bits per heavy atom. The van der Waals surface area contributed by atoms with Crippen molar-refractivity contribution in [2.45, 2.75) is 49.2 Å². The van der Waals surface area contributed by atoms with Crippen molar-refractivity contribution in [1.82, 2.24) is 10.3 Å². The lowest BCUT2D eigenvalue weighted by molar-refractivity contribution is 0.405. The molecule has 0 amide bonds. The molecule has 5 nitrogen and oxygen atoms in total. The van der Waals surface area contributed by atoms with Crippen molar-refractivity contribution >= 4 is 56.6 Å². The second-order valence-corrected chi connectivity index (χ2v) is 10.5. The molecule has 1 aromatic heterocycles. The van der Waals surface area contributed by atoms with Gasteiger partial charge in [0.05, 0.1) is 11.2 Å². The minimum absolute atomic E-state index is 0.554. The Labute approximate surface area is 215 Å². The summed E-state index contributed by atoms with van der Waals surface area (Å²) in [6.45, 7) is 4.99. The minimum Gasteiger partial charge on any atom is -0.494 e. The number of para-hydroxylation sites is 1. The minimum atomic E-state index is 0.554. The Morgan fingerprint density at radius 3 is 2.64 bits per heavy atom. The second kappa shape index (κ2) is 11.6. The lowest BCUT2D eigenvalue weighted by atomic mass is 10.0. The normalized spacial score (nSPS) is 15.6. The number of alkyl halides is 1. The molecule has 3 aromatic rings. The molecule has 176 valence electrons. The van der Waals surface area contributed by atoms with Gasteiger partial charge in [0.25, 0.3) is 0 Å². The van der Waals surface area contributed by atoms with E-state index in [1.54, 1.807) is 7.11 Å². The van der Waals surface area contributed by atoms with Crippen molar-refractivity contribution in [2.24, 2.45) is 0 Å². The molecule has 1 aliphatic heterocycles. The number of rotatable bonds is 9. The summed E-state index contributed by atoms with van der Waals surface area (Å²) < 4.78 is 6.20. The number of pyridine rings is 1. The molecule has 0 aliphatic carbocycles. The number of halogens is 2. The van der Waals surface area contributed by atoms with Gasteiger partial charge in [-0.25, -0.2) is 4.98 Å². The lowest BCUT2D eigenvalue weighted by Gasteiger charge is -2.35. The molecule has 0 radical (unpaired) electrons. The number of methoxy groups -OCH3 is 1. The van der Waals surface area contributed by atoms with Gasteiger partial charge < -0.3 is 20.3 Å². The largest absolute Gasteiger partial charge is 0.494 e. The highest BCUT2D eigenvalue weighted by atomic mass is 127. The van der Waals surface area contributed by atoms with E-state index in [4.69, 9.17) is 21.3 Å². The van der Waals surface area contributed by atoms with Crippen LogP contribution in [0.5, 0.6) is 5.75 Å². The Hall–Kier alpha value is -1.77. The van der Waals surface area contributed by atoms with Crippen LogP contribution in [-0.4, -0.2) is 35.3 Å². The van der Waals surface area contributed by atoms with E-state index in [9.17, 15) is 0 Å². The van der Waals surface area contributed by atoms with Gasteiger partial charge in [0.15, 0.2) is 0 Å². The third-order valence-corrected chi connectivity index (χ3v) is 7.42. The van der Waals surface area contributed by atoms with E-state index in [1.807, 2.05) is 36.4 Å². The van der Waals surface area contributed by atoms with Crippen LogP contribution in [0.3, 0.4) is 0 Å². The van der Waals surface area contributed by atoms with Crippen LogP contribution in [0, 0.1) is 0 Å². The molecule has 2 heterocycles. The van der Waals surface area contributed by atoms with Crippen LogP contribution in [0.4, 0.5) is 11.5 Å². The standard InChI is InChI=1S/C26H32ClIN4O/c1-3-5-24(28)30-20-12-14-32(15-13-20)22-16-25(29-17-18-8-10-19(27)11-9-18)31-26-21(22)6-4-7-23(26)33-2/h4,6-11,16,20,24,30H,3,5,12-15,17H2,1-2H3,(H,29,31). The van der Waals surface area contributed by atoms with Gasteiger partial charge in [-0.3, -0.25) is 0 Å². The molecular formula is C26H32ClIN4O. The fourth-order valence-electron chi connectivity index (χ4n) is 4.40. The van der Waals surface area contributed by atoms with Crippen molar-refractivity contribution in [1.29, 1.82) is 0 Å². The van der Waals surface area contributed by atoms with Gasteiger partial charge in [0, 0.05) is 47.8 Å². The van der Waals surface area contributed by atoms with Crippen LogP contribution >= 0.6 is 34.2 Å². The number of nitrogens with one attached hydrogen (secondary N) is 2. The fourth-order valence-corrected chi connectivity index (χ4v) is 5.65. The summed E-state index contributed by atoms with van der Waals surface area (Å²) in [6, 6.07) is 16.8. The number of nitrogens with zero attached hydrogens (tertiary/aromatic N) is 2. The maximum absolute atomic E-state index is 6.03. The van der Waals surface area contributed by atoms with Crippen LogP contribution in [0.2, 0.25) is 5.02 Å². The van der Waals surface area contributed by atoms with Gasteiger partial charge in [0.2, 0.25) is 0 Å². The summed E-state index contributed by atoms with van der Waals surface area (Å²) in [5.74, 6) is 1.65. The zero-order chi connectivity index (χ0) is 23.2. The summed E-state index contributed by atoms with van der Waals surface area (Å²) in [5, 5.41) is 9.19. The first-order valence-electron chi connectivity index (χ1n) is 11.7. The van der Waals surface area contributed by atoms with Gasteiger partial charge in [-0.15, -0.1) is 0 Å². The fraction of sp³-hybridized carbons (Fsp3) is 0.423. The Morgan fingerprint density at radius 1 is 1.18 bits per heavy atom. The van der Waals surface area contributed by atoms with E-state index >= 15 is 0 Å². The topological polar surface area (TPSA) is 49.4 Å². The highest BCUT2D eigenvalue weighted by Gasteiger charge is 2.23. The molecule has 1 atom stereocenters. The molecule has 33 heavy (non-hydrogen) atoms. The molecule has 1 unspecified atom stereocenters. The average molecular weight is 579 g/mol. The summed E-state index contributed by atoms with van der Waals surface area (Å²) in [6.07, 6.45) is 4.73. The number of aromatic nitrogens is 1. The molecule has 0 saturated carbocycles. The van der Waals surface area contributed by atoms with E-state index < -0.39 is 0 Å². The number of hydrogen-bond acceptors (Lipinski definition) is 5. The molecule has 0 bridgehead atoms. The van der Waals surface area contributed by atoms with Crippen LogP contribution in [0.25, 0.3) is 10.9 Å². The Bertz CT molecular complexity index is 1050. The van der Waals surface area contributed by atoms with Gasteiger partial charge in [-0.1, -0.05) is 71.8 Å². The van der Waals surface area contributed by atoms with Crippen molar-refractivity contribution in [3.05, 3.63) is 59.1 Å². The van der Waals surface area contributed by atoms with E-state index in [0.29, 0.717) is 16.6 Å². The molecule has 2 aromatic carbocycles. The smallest absolute Gasteiger partial charge is 0.145 e. The summed E-state index contributed by atoms with van der Waals surface area (Å²) in [4.78, 5) is 7.40. The zero-order valence-electron chi connectivity index (χ0n) is 19.3. The molecule has 1 aliphatic rings.